The summed E-state index contributed by atoms with van der Waals surface area (Å²) in [5.74, 6) is 0. The number of nitrogens with zero attached hydrogens (tertiary/aromatic N) is 1. The normalized spacial score (nSPS) is 39.2. The number of hydrogen-bond acceptors (Lipinski definition) is 3. The van der Waals surface area contributed by atoms with Gasteiger partial charge in [-0.25, -0.2) is 0 Å². The molecule has 0 aromatic carbocycles. The van der Waals surface area contributed by atoms with Gasteiger partial charge >= 0.3 is 0 Å². The number of ether oxygens (including phenoxy) is 1. The summed E-state index contributed by atoms with van der Waals surface area (Å²) >= 11 is 0. The van der Waals surface area contributed by atoms with Gasteiger partial charge in [0.05, 0.1) is 19.3 Å². The highest BCUT2D eigenvalue weighted by molar-refractivity contribution is 4.88. The number of rotatable bonds is 2. The minimum absolute atomic E-state index is 0.106. The summed E-state index contributed by atoms with van der Waals surface area (Å²) in [6.45, 7) is 4.89. The Balaban J connectivity index is 1.99. The summed E-state index contributed by atoms with van der Waals surface area (Å²) < 4.78 is 5.51. The number of morpholine rings is 1. The van der Waals surface area contributed by atoms with Crippen LogP contribution in [-0.4, -0.2) is 48.0 Å². The SMILES string of the molecule is CCC1COCCN1C1CCCCC1O. The zero-order valence-corrected chi connectivity index (χ0v) is 9.69. The largest absolute Gasteiger partial charge is 0.391 e. The molecule has 2 rings (SSSR count). The van der Waals surface area contributed by atoms with Gasteiger partial charge in [-0.1, -0.05) is 19.8 Å². The van der Waals surface area contributed by atoms with E-state index in [4.69, 9.17) is 4.74 Å². The molecule has 2 fully saturated rings. The van der Waals surface area contributed by atoms with Gasteiger partial charge in [-0.05, 0) is 19.3 Å². The summed E-state index contributed by atoms with van der Waals surface area (Å²) in [4.78, 5) is 2.49. The van der Waals surface area contributed by atoms with E-state index in [1.165, 1.54) is 12.8 Å². The predicted octanol–water partition coefficient (Wildman–Crippen LogP) is 1.40. The maximum absolute atomic E-state index is 10.1. The Kier molecular flexibility index (Phi) is 4.00. The van der Waals surface area contributed by atoms with Crippen LogP contribution >= 0.6 is 0 Å². The van der Waals surface area contributed by atoms with Crippen molar-refractivity contribution < 1.29 is 9.84 Å². The van der Waals surface area contributed by atoms with Crippen molar-refractivity contribution in [3.63, 3.8) is 0 Å². The first-order valence-corrected chi connectivity index (χ1v) is 6.34. The van der Waals surface area contributed by atoms with E-state index in [0.717, 1.165) is 39.0 Å². The molecule has 1 saturated heterocycles. The van der Waals surface area contributed by atoms with E-state index in [9.17, 15) is 5.11 Å². The van der Waals surface area contributed by atoms with Crippen molar-refractivity contribution in [2.24, 2.45) is 0 Å². The molecule has 1 aliphatic heterocycles. The lowest BCUT2D eigenvalue weighted by Gasteiger charge is -2.44. The topological polar surface area (TPSA) is 32.7 Å². The predicted molar refractivity (Wildman–Crippen MR) is 59.9 cm³/mol. The molecule has 1 aliphatic carbocycles. The molecule has 0 aromatic rings. The number of aliphatic hydroxyl groups excluding tert-OH is 1. The first-order valence-electron chi connectivity index (χ1n) is 6.34. The molecule has 0 aromatic heterocycles. The standard InChI is InChI=1S/C12H23NO2/c1-2-10-9-15-8-7-13(10)11-5-3-4-6-12(11)14/h10-12,14H,2-9H2,1H3. The van der Waals surface area contributed by atoms with Gasteiger partial charge in [-0.3, -0.25) is 4.90 Å². The zero-order chi connectivity index (χ0) is 10.7. The Morgan fingerprint density at radius 3 is 2.87 bits per heavy atom. The highest BCUT2D eigenvalue weighted by atomic mass is 16.5. The molecule has 1 saturated carbocycles. The van der Waals surface area contributed by atoms with Gasteiger partial charge in [0.25, 0.3) is 0 Å². The summed E-state index contributed by atoms with van der Waals surface area (Å²) in [5, 5.41) is 10.1. The van der Waals surface area contributed by atoms with Crippen LogP contribution in [0.25, 0.3) is 0 Å². The molecular formula is C12H23NO2. The van der Waals surface area contributed by atoms with E-state index in [0.29, 0.717) is 12.1 Å². The van der Waals surface area contributed by atoms with Crippen molar-refractivity contribution >= 4 is 0 Å². The van der Waals surface area contributed by atoms with E-state index in [2.05, 4.69) is 11.8 Å². The van der Waals surface area contributed by atoms with E-state index >= 15 is 0 Å². The van der Waals surface area contributed by atoms with Crippen molar-refractivity contribution in [1.29, 1.82) is 0 Å². The second kappa shape index (κ2) is 5.28. The monoisotopic (exact) mass is 213 g/mol. The van der Waals surface area contributed by atoms with Crippen LogP contribution in [0.15, 0.2) is 0 Å². The lowest BCUT2D eigenvalue weighted by atomic mass is 9.90. The van der Waals surface area contributed by atoms with E-state index < -0.39 is 0 Å². The first kappa shape index (κ1) is 11.4. The van der Waals surface area contributed by atoms with Gasteiger partial charge in [-0.15, -0.1) is 0 Å². The minimum Gasteiger partial charge on any atom is -0.391 e. The van der Waals surface area contributed by atoms with Crippen LogP contribution < -0.4 is 0 Å². The molecule has 0 spiro atoms. The van der Waals surface area contributed by atoms with Crippen LogP contribution in [0.3, 0.4) is 0 Å². The number of hydrogen-bond donors (Lipinski definition) is 1. The molecular weight excluding hydrogens is 190 g/mol. The van der Waals surface area contributed by atoms with Crippen LogP contribution in [0.2, 0.25) is 0 Å². The van der Waals surface area contributed by atoms with Crippen molar-refractivity contribution in [1.82, 2.24) is 4.90 Å². The molecule has 0 radical (unpaired) electrons. The molecule has 3 atom stereocenters. The molecule has 15 heavy (non-hydrogen) atoms. The van der Waals surface area contributed by atoms with Gasteiger partial charge < -0.3 is 9.84 Å². The van der Waals surface area contributed by atoms with Crippen molar-refractivity contribution in [3.05, 3.63) is 0 Å². The molecule has 1 heterocycles. The van der Waals surface area contributed by atoms with Crippen LogP contribution in [0.5, 0.6) is 0 Å². The van der Waals surface area contributed by atoms with Crippen LogP contribution in [0, 0.1) is 0 Å². The Bertz CT molecular complexity index is 198. The highest BCUT2D eigenvalue weighted by Gasteiger charge is 2.33. The number of aliphatic hydroxyl groups is 1. The fourth-order valence-electron chi connectivity index (χ4n) is 2.94. The highest BCUT2D eigenvalue weighted by Crippen LogP contribution is 2.26. The van der Waals surface area contributed by atoms with E-state index in [1.54, 1.807) is 0 Å². The Morgan fingerprint density at radius 1 is 1.33 bits per heavy atom. The summed E-state index contributed by atoms with van der Waals surface area (Å²) in [5.41, 5.74) is 0. The third-order valence-corrected chi connectivity index (χ3v) is 3.86. The Morgan fingerprint density at radius 2 is 2.13 bits per heavy atom. The molecule has 0 amide bonds. The quantitative estimate of drug-likeness (QED) is 0.752. The average molecular weight is 213 g/mol. The fourth-order valence-corrected chi connectivity index (χ4v) is 2.94. The third kappa shape index (κ3) is 2.52. The zero-order valence-electron chi connectivity index (χ0n) is 9.69. The van der Waals surface area contributed by atoms with Gasteiger partial charge in [0.2, 0.25) is 0 Å². The maximum Gasteiger partial charge on any atom is 0.0695 e. The van der Waals surface area contributed by atoms with Crippen molar-refractivity contribution in [2.75, 3.05) is 19.8 Å². The van der Waals surface area contributed by atoms with Crippen molar-refractivity contribution in [2.45, 2.75) is 57.2 Å². The van der Waals surface area contributed by atoms with Crippen LogP contribution in [0.4, 0.5) is 0 Å². The van der Waals surface area contributed by atoms with Crippen LogP contribution in [0.1, 0.15) is 39.0 Å². The van der Waals surface area contributed by atoms with Gasteiger partial charge in [-0.2, -0.15) is 0 Å². The van der Waals surface area contributed by atoms with Gasteiger partial charge in [0.1, 0.15) is 0 Å². The Hall–Kier alpha value is -0.120. The smallest absolute Gasteiger partial charge is 0.0695 e. The molecule has 88 valence electrons. The summed E-state index contributed by atoms with van der Waals surface area (Å²) in [6, 6.07) is 0.920. The summed E-state index contributed by atoms with van der Waals surface area (Å²) in [7, 11) is 0. The lowest BCUT2D eigenvalue weighted by Crippen LogP contribution is -2.55. The molecule has 2 aliphatic rings. The van der Waals surface area contributed by atoms with Crippen molar-refractivity contribution in [3.8, 4) is 0 Å². The average Bonchev–Trinajstić information content (AvgIpc) is 2.30. The first-order chi connectivity index (χ1) is 7.33. The van der Waals surface area contributed by atoms with Gasteiger partial charge in [0, 0.05) is 18.6 Å². The fraction of sp³-hybridized carbons (Fsp3) is 1.00. The van der Waals surface area contributed by atoms with E-state index in [1.807, 2.05) is 0 Å². The van der Waals surface area contributed by atoms with E-state index in [-0.39, 0.29) is 6.10 Å². The van der Waals surface area contributed by atoms with Crippen LogP contribution in [-0.2, 0) is 4.74 Å². The summed E-state index contributed by atoms with van der Waals surface area (Å²) in [6.07, 6.45) is 5.64. The molecule has 3 heteroatoms. The molecule has 0 bridgehead atoms. The molecule has 1 N–H and O–H groups in total. The second-order valence-electron chi connectivity index (χ2n) is 4.79. The van der Waals surface area contributed by atoms with Gasteiger partial charge in [0.15, 0.2) is 0 Å². The minimum atomic E-state index is -0.106. The lowest BCUT2D eigenvalue weighted by molar-refractivity contribution is -0.0708. The second-order valence-corrected chi connectivity index (χ2v) is 4.79. The maximum atomic E-state index is 10.1. The third-order valence-electron chi connectivity index (χ3n) is 3.86. The molecule has 3 nitrogen and oxygen atoms in total. The molecule has 3 unspecified atom stereocenters. The Labute approximate surface area is 92.4 Å².